The highest BCUT2D eigenvalue weighted by Crippen LogP contribution is 2.20. The Morgan fingerprint density at radius 3 is 2.45 bits per heavy atom. The minimum Gasteiger partial charge on any atom is -0.296 e. The number of fused-ring (bicyclic) bond motifs is 3. The number of aryl methyl sites for hydroxylation is 1. The lowest BCUT2D eigenvalue weighted by molar-refractivity contribution is 0.215. The van der Waals surface area contributed by atoms with Crippen molar-refractivity contribution in [1.29, 1.82) is 0 Å². The van der Waals surface area contributed by atoms with Crippen LogP contribution in [0.4, 0.5) is 0 Å². The normalized spacial score (nSPS) is 15.3. The lowest BCUT2D eigenvalue weighted by atomic mass is 10.1. The molecule has 0 bridgehead atoms. The molecule has 1 aliphatic heterocycles. The zero-order chi connectivity index (χ0) is 19.8. The number of rotatable bonds is 4. The molecular weight excluding hydrogens is 362 g/mol. The molecule has 0 N–H and O–H groups in total. The lowest BCUT2D eigenvalue weighted by Gasteiger charge is -2.25. The third kappa shape index (κ3) is 3.13. The van der Waals surface area contributed by atoms with Gasteiger partial charge in [-0.1, -0.05) is 37.6 Å². The van der Waals surface area contributed by atoms with Gasteiger partial charge >= 0.3 is 0 Å². The number of piperidine rings is 1. The molecule has 4 aromatic rings. The van der Waals surface area contributed by atoms with Gasteiger partial charge in [0, 0.05) is 0 Å². The Balaban J connectivity index is 1.74. The molecule has 2 aromatic heterocycles. The summed E-state index contributed by atoms with van der Waals surface area (Å²) in [5.41, 5.74) is 2.87. The highest BCUT2D eigenvalue weighted by Gasteiger charge is 2.20. The van der Waals surface area contributed by atoms with Crippen LogP contribution in [0, 0.1) is 0 Å². The Labute approximate surface area is 169 Å². The second-order valence-electron chi connectivity index (χ2n) is 7.77. The first-order valence-electron chi connectivity index (χ1n) is 10.5. The minimum absolute atomic E-state index is 0.0609. The average Bonchev–Trinajstić information content (AvgIpc) is 3.18. The number of aromatic nitrogens is 4. The summed E-state index contributed by atoms with van der Waals surface area (Å²) in [6, 6.07) is 15.9. The summed E-state index contributed by atoms with van der Waals surface area (Å²) in [5.74, 6) is 1.46. The van der Waals surface area contributed by atoms with E-state index in [0.29, 0.717) is 11.2 Å². The van der Waals surface area contributed by atoms with E-state index in [1.807, 2.05) is 36.4 Å². The van der Waals surface area contributed by atoms with Crippen molar-refractivity contribution in [2.45, 2.75) is 39.2 Å². The van der Waals surface area contributed by atoms with Crippen molar-refractivity contribution in [3.8, 4) is 5.69 Å². The van der Waals surface area contributed by atoms with Crippen LogP contribution >= 0.6 is 0 Å². The Kier molecular flexibility index (Phi) is 4.64. The quantitative estimate of drug-likeness (QED) is 0.537. The van der Waals surface area contributed by atoms with Gasteiger partial charge in [-0.05, 0) is 62.2 Å². The van der Waals surface area contributed by atoms with E-state index in [1.54, 1.807) is 4.57 Å². The fraction of sp³-hybridized carbons (Fsp3) is 0.348. The topological polar surface area (TPSA) is 55.4 Å². The van der Waals surface area contributed by atoms with Crippen LogP contribution in [0.2, 0.25) is 0 Å². The summed E-state index contributed by atoms with van der Waals surface area (Å²) in [5, 5.41) is 9.66. The van der Waals surface area contributed by atoms with Crippen molar-refractivity contribution in [1.82, 2.24) is 24.1 Å². The molecule has 0 aliphatic carbocycles. The van der Waals surface area contributed by atoms with E-state index in [1.165, 1.54) is 24.8 Å². The number of nitrogens with zero attached hydrogens (tertiary/aromatic N) is 5. The van der Waals surface area contributed by atoms with Gasteiger partial charge in [0.25, 0.3) is 5.56 Å². The van der Waals surface area contributed by atoms with Gasteiger partial charge in [0.2, 0.25) is 5.78 Å². The molecule has 2 aromatic carbocycles. The molecule has 6 heteroatoms. The smallest absolute Gasteiger partial charge is 0.267 e. The Morgan fingerprint density at radius 1 is 0.931 bits per heavy atom. The average molecular weight is 387 g/mol. The highest BCUT2D eigenvalue weighted by atomic mass is 16.1. The zero-order valence-electron chi connectivity index (χ0n) is 16.7. The summed E-state index contributed by atoms with van der Waals surface area (Å²) < 4.78 is 3.74. The van der Waals surface area contributed by atoms with Crippen LogP contribution < -0.4 is 5.56 Å². The van der Waals surface area contributed by atoms with Crippen LogP contribution in [0.3, 0.4) is 0 Å². The lowest BCUT2D eigenvalue weighted by Crippen LogP contribution is -2.30. The van der Waals surface area contributed by atoms with Gasteiger partial charge in [0.15, 0.2) is 5.82 Å². The Hall–Kier alpha value is -2.99. The van der Waals surface area contributed by atoms with E-state index in [2.05, 4.69) is 38.6 Å². The Morgan fingerprint density at radius 2 is 1.69 bits per heavy atom. The van der Waals surface area contributed by atoms with Crippen LogP contribution in [0.25, 0.3) is 22.4 Å². The second kappa shape index (κ2) is 7.44. The molecule has 6 nitrogen and oxygen atoms in total. The zero-order valence-corrected chi connectivity index (χ0v) is 16.7. The standard InChI is InChI=1S/C23H25N5O/c1-2-17-10-12-18(13-11-17)27-22(29)19-8-4-5-9-20(19)28-21(24-25-23(27)28)16-26-14-6-3-7-15-26/h4-5,8-13H,2-3,6-7,14-16H2,1H3. The van der Waals surface area contributed by atoms with E-state index in [4.69, 9.17) is 0 Å². The molecular formula is C23H25N5O. The number of hydrogen-bond donors (Lipinski definition) is 0. The predicted molar refractivity (Wildman–Crippen MR) is 115 cm³/mol. The summed E-state index contributed by atoms with van der Waals surface area (Å²) in [6.07, 6.45) is 4.72. The summed E-state index contributed by atoms with van der Waals surface area (Å²) in [6.45, 7) is 5.05. The molecule has 29 heavy (non-hydrogen) atoms. The third-order valence-corrected chi connectivity index (χ3v) is 5.91. The highest BCUT2D eigenvalue weighted by molar-refractivity contribution is 5.81. The maximum Gasteiger partial charge on any atom is 0.267 e. The molecule has 0 radical (unpaired) electrons. The van der Waals surface area contributed by atoms with Crippen molar-refractivity contribution in [3.63, 3.8) is 0 Å². The molecule has 0 spiro atoms. The minimum atomic E-state index is -0.0609. The molecule has 0 atom stereocenters. The largest absolute Gasteiger partial charge is 0.296 e. The third-order valence-electron chi connectivity index (χ3n) is 5.91. The van der Waals surface area contributed by atoms with Crippen molar-refractivity contribution in [2.24, 2.45) is 0 Å². The SMILES string of the molecule is CCc1ccc(-n2c(=O)c3ccccc3n3c(CN4CCCCC4)nnc23)cc1. The first-order chi connectivity index (χ1) is 14.3. The van der Waals surface area contributed by atoms with Crippen molar-refractivity contribution in [3.05, 3.63) is 70.3 Å². The van der Waals surface area contributed by atoms with E-state index in [9.17, 15) is 4.79 Å². The first kappa shape index (κ1) is 18.1. The van der Waals surface area contributed by atoms with Crippen molar-refractivity contribution in [2.75, 3.05) is 13.1 Å². The molecule has 1 saturated heterocycles. The fourth-order valence-electron chi connectivity index (χ4n) is 4.29. The fourth-order valence-corrected chi connectivity index (χ4v) is 4.29. The molecule has 1 fully saturated rings. The van der Waals surface area contributed by atoms with E-state index < -0.39 is 0 Å². The van der Waals surface area contributed by atoms with Gasteiger partial charge in [0.1, 0.15) is 0 Å². The van der Waals surface area contributed by atoms with Gasteiger partial charge in [-0.15, -0.1) is 10.2 Å². The molecule has 0 unspecified atom stereocenters. The summed E-state index contributed by atoms with van der Waals surface area (Å²) in [4.78, 5) is 15.8. The van der Waals surface area contributed by atoms with Crippen molar-refractivity contribution >= 4 is 16.7 Å². The molecule has 3 heterocycles. The van der Waals surface area contributed by atoms with Gasteiger partial charge in [-0.3, -0.25) is 14.1 Å². The van der Waals surface area contributed by atoms with Crippen molar-refractivity contribution < 1.29 is 0 Å². The molecule has 0 amide bonds. The second-order valence-corrected chi connectivity index (χ2v) is 7.77. The molecule has 0 saturated carbocycles. The van der Waals surface area contributed by atoms with Gasteiger partial charge < -0.3 is 0 Å². The first-order valence-corrected chi connectivity index (χ1v) is 10.5. The molecule has 148 valence electrons. The number of likely N-dealkylation sites (tertiary alicyclic amines) is 1. The van der Waals surface area contributed by atoms with E-state index in [-0.39, 0.29) is 5.56 Å². The van der Waals surface area contributed by atoms with Gasteiger partial charge in [-0.2, -0.15) is 0 Å². The Bertz CT molecular complexity index is 1220. The number of hydrogen-bond acceptors (Lipinski definition) is 4. The number of benzene rings is 2. The van der Waals surface area contributed by atoms with Crippen LogP contribution in [0.15, 0.2) is 53.3 Å². The number of para-hydroxylation sites is 1. The maximum absolute atomic E-state index is 13.4. The molecule has 5 rings (SSSR count). The van der Waals surface area contributed by atoms with Gasteiger partial charge in [-0.25, -0.2) is 4.57 Å². The van der Waals surface area contributed by atoms with Gasteiger partial charge in [0.05, 0.1) is 23.1 Å². The van der Waals surface area contributed by atoms with Crippen LogP contribution in [0.1, 0.15) is 37.6 Å². The predicted octanol–water partition coefficient (Wildman–Crippen LogP) is 3.58. The van der Waals surface area contributed by atoms with Crippen LogP contribution in [-0.2, 0) is 13.0 Å². The van der Waals surface area contributed by atoms with E-state index >= 15 is 0 Å². The van der Waals surface area contributed by atoms with Crippen LogP contribution in [-0.4, -0.2) is 37.2 Å². The molecule has 1 aliphatic rings. The summed E-state index contributed by atoms with van der Waals surface area (Å²) >= 11 is 0. The van der Waals surface area contributed by atoms with E-state index in [0.717, 1.165) is 43.1 Å². The monoisotopic (exact) mass is 387 g/mol. The van der Waals surface area contributed by atoms with Crippen LogP contribution in [0.5, 0.6) is 0 Å². The maximum atomic E-state index is 13.4. The summed E-state index contributed by atoms with van der Waals surface area (Å²) in [7, 11) is 0.